The van der Waals surface area contributed by atoms with Crippen LogP contribution >= 0.6 is 0 Å². The number of carbonyl (C=O) groups is 2. The summed E-state index contributed by atoms with van der Waals surface area (Å²) in [6.45, 7) is 1.41. The number of anilines is 1. The zero-order chi connectivity index (χ0) is 22.8. The number of benzene rings is 2. The molecule has 0 bridgehead atoms. The number of methoxy groups -OCH3 is 1. The Bertz CT molecular complexity index is 1200. The fourth-order valence-corrected chi connectivity index (χ4v) is 4.11. The number of fused-ring (bicyclic) bond motifs is 3. The molecular weight excluding hydrogens is 420 g/mol. The summed E-state index contributed by atoms with van der Waals surface area (Å²) in [7, 11) is 1.61. The highest BCUT2D eigenvalue weighted by Gasteiger charge is 2.41. The molecule has 0 fully saturated rings. The largest absolute Gasteiger partial charge is 0.497 e. The van der Waals surface area contributed by atoms with Crippen molar-refractivity contribution < 1.29 is 14.3 Å². The summed E-state index contributed by atoms with van der Waals surface area (Å²) in [6.07, 6.45) is 2.42. The van der Waals surface area contributed by atoms with Crippen LogP contribution in [0.1, 0.15) is 11.1 Å². The zero-order valence-corrected chi connectivity index (χ0v) is 18.3. The number of hydrogen-bond donors (Lipinski definition) is 1. The van der Waals surface area contributed by atoms with Crippen molar-refractivity contribution in [3.8, 4) is 11.4 Å². The fourth-order valence-electron chi connectivity index (χ4n) is 4.11. The molecular formula is C24H24N6O3. The SMILES string of the molecule is COc1ccc(-n2ncc3c2N(CC(=O)NCCc2ccccc2)C(=O)N2CCN=C32)cc1. The molecule has 9 nitrogen and oxygen atoms in total. The minimum Gasteiger partial charge on any atom is -0.497 e. The first-order valence-corrected chi connectivity index (χ1v) is 10.8. The van der Waals surface area contributed by atoms with Gasteiger partial charge in [-0.05, 0) is 36.2 Å². The Kier molecular flexibility index (Phi) is 5.52. The predicted octanol–water partition coefficient (Wildman–Crippen LogP) is 2.24. The van der Waals surface area contributed by atoms with E-state index in [1.54, 1.807) is 22.9 Å². The lowest BCUT2D eigenvalue weighted by Gasteiger charge is -2.33. The average molecular weight is 444 g/mol. The second kappa shape index (κ2) is 8.78. The lowest BCUT2D eigenvalue weighted by atomic mass is 10.1. The van der Waals surface area contributed by atoms with Crippen LogP contribution < -0.4 is 15.0 Å². The molecule has 168 valence electrons. The summed E-state index contributed by atoms with van der Waals surface area (Å²) in [5.41, 5.74) is 2.64. The van der Waals surface area contributed by atoms with Crippen molar-refractivity contribution >= 4 is 23.6 Å². The monoisotopic (exact) mass is 444 g/mol. The maximum absolute atomic E-state index is 13.3. The van der Waals surface area contributed by atoms with E-state index in [0.717, 1.165) is 29.0 Å². The molecule has 2 aliphatic rings. The Hall–Kier alpha value is -4.14. The van der Waals surface area contributed by atoms with Crippen LogP contribution in [-0.2, 0) is 11.2 Å². The van der Waals surface area contributed by atoms with E-state index in [1.165, 1.54) is 4.90 Å². The molecule has 0 saturated carbocycles. The van der Waals surface area contributed by atoms with Crippen LogP contribution in [0, 0.1) is 0 Å². The van der Waals surface area contributed by atoms with E-state index in [4.69, 9.17) is 4.74 Å². The van der Waals surface area contributed by atoms with Crippen LogP contribution in [0.15, 0.2) is 65.8 Å². The minimum atomic E-state index is -0.271. The van der Waals surface area contributed by atoms with Crippen molar-refractivity contribution in [2.75, 3.05) is 38.2 Å². The lowest BCUT2D eigenvalue weighted by Crippen LogP contribution is -2.53. The van der Waals surface area contributed by atoms with E-state index in [-0.39, 0.29) is 18.5 Å². The molecule has 33 heavy (non-hydrogen) atoms. The summed E-state index contributed by atoms with van der Waals surface area (Å²) >= 11 is 0. The molecule has 1 aromatic heterocycles. The second-order valence-corrected chi connectivity index (χ2v) is 7.80. The van der Waals surface area contributed by atoms with Gasteiger partial charge in [-0.1, -0.05) is 30.3 Å². The molecule has 0 unspecified atom stereocenters. The van der Waals surface area contributed by atoms with E-state index >= 15 is 0 Å². The van der Waals surface area contributed by atoms with Gasteiger partial charge in [0.25, 0.3) is 0 Å². The molecule has 3 amide bonds. The number of amides is 3. The van der Waals surface area contributed by atoms with Crippen LogP contribution in [0.3, 0.4) is 0 Å². The number of hydrogen-bond acceptors (Lipinski definition) is 5. The van der Waals surface area contributed by atoms with E-state index < -0.39 is 0 Å². The summed E-state index contributed by atoms with van der Waals surface area (Å²) in [5.74, 6) is 1.64. The van der Waals surface area contributed by atoms with E-state index in [9.17, 15) is 9.59 Å². The number of ether oxygens (including phenoxy) is 1. The summed E-state index contributed by atoms with van der Waals surface area (Å²) in [4.78, 5) is 33.7. The number of carbonyl (C=O) groups excluding carboxylic acids is 2. The second-order valence-electron chi connectivity index (χ2n) is 7.80. The number of amidine groups is 1. The Balaban J connectivity index is 1.40. The Labute approximate surface area is 191 Å². The molecule has 2 aliphatic heterocycles. The van der Waals surface area contributed by atoms with Crippen molar-refractivity contribution in [3.63, 3.8) is 0 Å². The van der Waals surface area contributed by atoms with Gasteiger partial charge in [-0.3, -0.25) is 19.6 Å². The standard InChI is InChI=1S/C24H24N6O3/c1-33-19-9-7-18(8-10-19)30-23-20(15-27-30)22-26-13-14-28(22)24(32)29(23)16-21(31)25-12-11-17-5-3-2-4-6-17/h2-10,15H,11-14,16H2,1H3,(H,25,31). The molecule has 9 heteroatoms. The van der Waals surface area contributed by atoms with Gasteiger partial charge in [0.05, 0.1) is 31.1 Å². The Morgan fingerprint density at radius 2 is 1.91 bits per heavy atom. The van der Waals surface area contributed by atoms with Crippen molar-refractivity contribution in [2.45, 2.75) is 6.42 Å². The topological polar surface area (TPSA) is 92.1 Å². The molecule has 0 saturated heterocycles. The number of aromatic nitrogens is 2. The van der Waals surface area contributed by atoms with Crippen LogP contribution in [0.4, 0.5) is 10.6 Å². The summed E-state index contributed by atoms with van der Waals surface area (Å²) in [5, 5.41) is 7.45. The molecule has 5 rings (SSSR count). The van der Waals surface area contributed by atoms with Crippen molar-refractivity contribution in [3.05, 3.63) is 71.9 Å². The maximum Gasteiger partial charge on any atom is 0.331 e. The van der Waals surface area contributed by atoms with Crippen LogP contribution in [0.5, 0.6) is 5.75 Å². The molecule has 0 radical (unpaired) electrons. The van der Waals surface area contributed by atoms with Crippen molar-refractivity contribution in [2.24, 2.45) is 4.99 Å². The molecule has 0 atom stereocenters. The zero-order valence-electron chi connectivity index (χ0n) is 18.3. The van der Waals surface area contributed by atoms with E-state index in [2.05, 4.69) is 15.4 Å². The van der Waals surface area contributed by atoms with Gasteiger partial charge < -0.3 is 10.1 Å². The van der Waals surface area contributed by atoms with Gasteiger partial charge in [0.1, 0.15) is 18.1 Å². The van der Waals surface area contributed by atoms with Gasteiger partial charge >= 0.3 is 6.03 Å². The van der Waals surface area contributed by atoms with Crippen molar-refractivity contribution in [1.82, 2.24) is 20.0 Å². The smallest absolute Gasteiger partial charge is 0.331 e. The molecule has 0 spiro atoms. The summed E-state index contributed by atoms with van der Waals surface area (Å²) < 4.78 is 6.91. The number of rotatable bonds is 7. The third kappa shape index (κ3) is 3.93. The van der Waals surface area contributed by atoms with E-state index in [0.29, 0.717) is 31.3 Å². The molecule has 1 N–H and O–H groups in total. The van der Waals surface area contributed by atoms with Crippen LogP contribution in [0.2, 0.25) is 0 Å². The average Bonchev–Trinajstić information content (AvgIpc) is 3.50. The molecule has 3 aromatic rings. The quantitative estimate of drug-likeness (QED) is 0.605. The van der Waals surface area contributed by atoms with Gasteiger partial charge in [0.2, 0.25) is 5.91 Å². The minimum absolute atomic E-state index is 0.105. The first-order chi connectivity index (χ1) is 16.2. The third-order valence-electron chi connectivity index (χ3n) is 5.74. The first-order valence-electron chi connectivity index (χ1n) is 10.8. The first kappa shape index (κ1) is 20.7. The number of nitrogens with zero attached hydrogens (tertiary/aromatic N) is 5. The highest BCUT2D eigenvalue weighted by molar-refractivity contribution is 6.20. The van der Waals surface area contributed by atoms with Gasteiger partial charge in [-0.25, -0.2) is 9.48 Å². The van der Waals surface area contributed by atoms with Gasteiger partial charge in [0, 0.05) is 13.1 Å². The molecule has 3 heterocycles. The summed E-state index contributed by atoms with van der Waals surface area (Å²) in [6, 6.07) is 17.1. The third-order valence-corrected chi connectivity index (χ3v) is 5.74. The number of aliphatic imine (C=N–C) groups is 1. The highest BCUT2D eigenvalue weighted by Crippen LogP contribution is 2.33. The Morgan fingerprint density at radius 1 is 1.12 bits per heavy atom. The normalized spacial score (nSPS) is 14.6. The van der Waals surface area contributed by atoms with Gasteiger partial charge in [-0.2, -0.15) is 5.10 Å². The van der Waals surface area contributed by atoms with Crippen LogP contribution in [-0.4, -0.2) is 65.7 Å². The van der Waals surface area contributed by atoms with E-state index in [1.807, 2.05) is 54.6 Å². The lowest BCUT2D eigenvalue weighted by molar-refractivity contribution is -0.119. The Morgan fingerprint density at radius 3 is 2.67 bits per heavy atom. The molecule has 0 aliphatic carbocycles. The maximum atomic E-state index is 13.3. The van der Waals surface area contributed by atoms with Gasteiger partial charge in [-0.15, -0.1) is 0 Å². The number of nitrogens with one attached hydrogen (secondary N) is 1. The predicted molar refractivity (Wildman–Crippen MR) is 124 cm³/mol. The van der Waals surface area contributed by atoms with Crippen molar-refractivity contribution in [1.29, 1.82) is 0 Å². The van der Waals surface area contributed by atoms with Gasteiger partial charge in [0.15, 0.2) is 5.82 Å². The molecule has 2 aromatic carbocycles. The fraction of sp³-hybridized carbons (Fsp3) is 0.250. The highest BCUT2D eigenvalue weighted by atomic mass is 16.5. The number of urea groups is 1. The van der Waals surface area contributed by atoms with Crippen LogP contribution in [0.25, 0.3) is 5.69 Å².